The highest BCUT2D eigenvalue weighted by Gasteiger charge is 2.05. The quantitative estimate of drug-likeness (QED) is 0.714. The number of primary amides is 1. The predicted octanol–water partition coefficient (Wildman–Crippen LogP) is 1.39. The second-order valence-corrected chi connectivity index (χ2v) is 3.57. The number of nitrogens with two attached hydrogens (primary N) is 1. The number of carbonyl (C=O) groups excluding carboxylic acids is 1. The van der Waals surface area contributed by atoms with Crippen molar-refractivity contribution in [3.63, 3.8) is 0 Å². The Morgan fingerprint density at radius 1 is 1.64 bits per heavy atom. The summed E-state index contributed by atoms with van der Waals surface area (Å²) in [7, 11) is 0. The number of hydrogen-bond donors (Lipinski definition) is 1. The van der Waals surface area contributed by atoms with E-state index in [1.54, 1.807) is 11.3 Å². The van der Waals surface area contributed by atoms with Crippen LogP contribution in [-0.4, -0.2) is 5.91 Å². The van der Waals surface area contributed by atoms with Crippen LogP contribution < -0.4 is 5.73 Å². The molecule has 0 spiro atoms. The highest BCUT2D eigenvalue weighted by atomic mass is 32.1. The Labute approximate surface area is 70.0 Å². The molecule has 0 bridgehead atoms. The third-order valence-electron chi connectivity index (χ3n) is 1.72. The molecule has 0 aliphatic heterocycles. The van der Waals surface area contributed by atoms with Gasteiger partial charge in [0.1, 0.15) is 0 Å². The number of hydrogen-bond acceptors (Lipinski definition) is 2. The van der Waals surface area contributed by atoms with E-state index in [0.717, 1.165) is 4.88 Å². The molecule has 60 valence electrons. The molecule has 11 heavy (non-hydrogen) atoms. The molecule has 0 fully saturated rings. The van der Waals surface area contributed by atoms with E-state index in [1.165, 1.54) is 11.1 Å². The molecular weight excluding hydrogens is 158 g/mol. The van der Waals surface area contributed by atoms with Crippen LogP contribution in [0.4, 0.5) is 0 Å². The van der Waals surface area contributed by atoms with Gasteiger partial charge in [0.25, 0.3) is 0 Å². The first-order valence-electron chi connectivity index (χ1n) is 3.43. The summed E-state index contributed by atoms with van der Waals surface area (Å²) in [5.74, 6) is -0.255. The maximum absolute atomic E-state index is 10.6. The molecule has 1 aromatic heterocycles. The van der Waals surface area contributed by atoms with Gasteiger partial charge in [0.15, 0.2) is 0 Å². The topological polar surface area (TPSA) is 43.1 Å². The van der Waals surface area contributed by atoms with E-state index >= 15 is 0 Å². The molecule has 0 atom stereocenters. The van der Waals surface area contributed by atoms with E-state index in [-0.39, 0.29) is 5.91 Å². The van der Waals surface area contributed by atoms with Crippen LogP contribution in [-0.2, 0) is 11.2 Å². The molecule has 0 aliphatic carbocycles. The monoisotopic (exact) mass is 169 g/mol. The van der Waals surface area contributed by atoms with Gasteiger partial charge in [-0.2, -0.15) is 0 Å². The number of rotatable bonds is 2. The van der Waals surface area contributed by atoms with Crippen molar-refractivity contribution < 1.29 is 4.79 Å². The molecule has 1 rings (SSSR count). The lowest BCUT2D eigenvalue weighted by Gasteiger charge is -1.94. The van der Waals surface area contributed by atoms with Gasteiger partial charge in [0.05, 0.1) is 6.42 Å². The van der Waals surface area contributed by atoms with Crippen molar-refractivity contribution in [3.8, 4) is 0 Å². The third-order valence-corrected chi connectivity index (χ3v) is 2.93. The zero-order valence-corrected chi connectivity index (χ0v) is 7.49. The highest BCUT2D eigenvalue weighted by molar-refractivity contribution is 7.10. The predicted molar refractivity (Wildman–Crippen MR) is 46.7 cm³/mol. The molecule has 3 heteroatoms. The zero-order valence-electron chi connectivity index (χ0n) is 6.68. The Balaban J connectivity index is 2.87. The molecule has 0 aliphatic rings. The SMILES string of the molecule is Cc1csc(CC(N)=O)c1C. The van der Waals surface area contributed by atoms with Gasteiger partial charge in [0, 0.05) is 4.88 Å². The molecule has 1 aromatic rings. The Kier molecular flexibility index (Phi) is 2.29. The number of carbonyl (C=O) groups is 1. The second-order valence-electron chi connectivity index (χ2n) is 2.61. The molecule has 0 saturated heterocycles. The number of thiophene rings is 1. The van der Waals surface area contributed by atoms with Crippen LogP contribution in [0.2, 0.25) is 0 Å². The highest BCUT2D eigenvalue weighted by Crippen LogP contribution is 2.20. The fourth-order valence-electron chi connectivity index (χ4n) is 0.889. The summed E-state index contributed by atoms with van der Waals surface area (Å²) >= 11 is 1.60. The van der Waals surface area contributed by atoms with Crippen molar-refractivity contribution in [3.05, 3.63) is 21.4 Å². The van der Waals surface area contributed by atoms with Gasteiger partial charge in [-0.3, -0.25) is 4.79 Å². The smallest absolute Gasteiger partial charge is 0.222 e. The van der Waals surface area contributed by atoms with Gasteiger partial charge >= 0.3 is 0 Å². The summed E-state index contributed by atoms with van der Waals surface area (Å²) in [5, 5.41) is 2.05. The summed E-state index contributed by atoms with van der Waals surface area (Å²) in [6, 6.07) is 0. The van der Waals surface area contributed by atoms with Crippen LogP contribution in [0.1, 0.15) is 16.0 Å². The van der Waals surface area contributed by atoms with Crippen molar-refractivity contribution in [1.82, 2.24) is 0 Å². The summed E-state index contributed by atoms with van der Waals surface area (Å²) < 4.78 is 0. The fourth-order valence-corrected chi connectivity index (χ4v) is 1.95. The Morgan fingerprint density at radius 3 is 2.64 bits per heavy atom. The lowest BCUT2D eigenvalue weighted by molar-refractivity contribution is -0.117. The van der Waals surface area contributed by atoms with Crippen LogP contribution in [0.3, 0.4) is 0 Å². The van der Waals surface area contributed by atoms with Crippen molar-refractivity contribution in [2.75, 3.05) is 0 Å². The lowest BCUT2D eigenvalue weighted by Crippen LogP contribution is -2.13. The molecule has 1 amide bonds. The fraction of sp³-hybridized carbons (Fsp3) is 0.375. The molecule has 0 radical (unpaired) electrons. The van der Waals surface area contributed by atoms with Crippen LogP contribution in [0.25, 0.3) is 0 Å². The first-order chi connectivity index (χ1) is 5.11. The van der Waals surface area contributed by atoms with Gasteiger partial charge < -0.3 is 5.73 Å². The van der Waals surface area contributed by atoms with E-state index in [1.807, 2.05) is 19.2 Å². The van der Waals surface area contributed by atoms with Gasteiger partial charge in [-0.15, -0.1) is 11.3 Å². The molecule has 2 N–H and O–H groups in total. The van der Waals surface area contributed by atoms with E-state index in [2.05, 4.69) is 0 Å². The molecule has 0 unspecified atom stereocenters. The Bertz CT molecular complexity index is 278. The standard InChI is InChI=1S/C8H11NOS/c1-5-4-11-7(6(5)2)3-8(9)10/h4H,3H2,1-2H3,(H2,9,10). The molecule has 1 heterocycles. The van der Waals surface area contributed by atoms with Gasteiger partial charge in [-0.25, -0.2) is 0 Å². The van der Waals surface area contributed by atoms with Crippen LogP contribution in [0.15, 0.2) is 5.38 Å². The second kappa shape index (κ2) is 3.05. The first-order valence-corrected chi connectivity index (χ1v) is 4.31. The lowest BCUT2D eigenvalue weighted by atomic mass is 10.1. The average Bonchev–Trinajstić information content (AvgIpc) is 2.18. The number of amides is 1. The van der Waals surface area contributed by atoms with Crippen molar-refractivity contribution in [2.45, 2.75) is 20.3 Å². The summed E-state index contributed by atoms with van der Waals surface area (Å²) in [5.41, 5.74) is 7.51. The van der Waals surface area contributed by atoms with E-state index in [0.29, 0.717) is 6.42 Å². The van der Waals surface area contributed by atoms with Crippen molar-refractivity contribution in [1.29, 1.82) is 0 Å². The normalized spacial score (nSPS) is 10.0. The van der Waals surface area contributed by atoms with Gasteiger partial charge in [-0.1, -0.05) is 0 Å². The molecular formula is C8H11NOS. The van der Waals surface area contributed by atoms with Crippen LogP contribution in [0, 0.1) is 13.8 Å². The van der Waals surface area contributed by atoms with Gasteiger partial charge in [-0.05, 0) is 30.4 Å². The molecule has 0 saturated carbocycles. The minimum atomic E-state index is -0.255. The van der Waals surface area contributed by atoms with Crippen molar-refractivity contribution in [2.24, 2.45) is 5.73 Å². The average molecular weight is 169 g/mol. The Hall–Kier alpha value is -0.830. The van der Waals surface area contributed by atoms with Crippen LogP contribution in [0.5, 0.6) is 0 Å². The van der Waals surface area contributed by atoms with E-state index in [4.69, 9.17) is 5.73 Å². The minimum Gasteiger partial charge on any atom is -0.369 e. The summed E-state index contributed by atoms with van der Waals surface area (Å²) in [6.07, 6.45) is 0.379. The van der Waals surface area contributed by atoms with Crippen molar-refractivity contribution >= 4 is 17.2 Å². The number of aryl methyl sites for hydroxylation is 1. The third kappa shape index (κ3) is 1.80. The summed E-state index contributed by atoms with van der Waals surface area (Å²) in [6.45, 7) is 4.06. The van der Waals surface area contributed by atoms with Gasteiger partial charge in [0.2, 0.25) is 5.91 Å². The molecule has 2 nitrogen and oxygen atoms in total. The van der Waals surface area contributed by atoms with E-state index in [9.17, 15) is 4.79 Å². The maximum atomic E-state index is 10.6. The van der Waals surface area contributed by atoms with E-state index < -0.39 is 0 Å². The summed E-state index contributed by atoms with van der Waals surface area (Å²) in [4.78, 5) is 11.7. The largest absolute Gasteiger partial charge is 0.369 e. The minimum absolute atomic E-state index is 0.255. The Morgan fingerprint density at radius 2 is 2.27 bits per heavy atom. The molecule has 0 aromatic carbocycles. The van der Waals surface area contributed by atoms with Crippen LogP contribution >= 0.6 is 11.3 Å². The first kappa shape index (κ1) is 8.27. The maximum Gasteiger partial charge on any atom is 0.222 e. The zero-order chi connectivity index (χ0) is 8.43.